The summed E-state index contributed by atoms with van der Waals surface area (Å²) < 4.78 is 2.77. The number of carbonyl (C=O) groups is 1. The zero-order valence-corrected chi connectivity index (χ0v) is 16.1. The highest BCUT2D eigenvalue weighted by atomic mass is 35.5. The van der Waals surface area contributed by atoms with Crippen molar-refractivity contribution in [2.75, 3.05) is 5.75 Å². The molecule has 24 heavy (non-hydrogen) atoms. The molecule has 0 aliphatic rings. The van der Waals surface area contributed by atoms with Gasteiger partial charge in [0.1, 0.15) is 5.92 Å². The van der Waals surface area contributed by atoms with Gasteiger partial charge in [-0.2, -0.15) is 5.26 Å². The van der Waals surface area contributed by atoms with Crippen molar-refractivity contribution in [2.24, 2.45) is 5.92 Å². The highest BCUT2D eigenvalue weighted by Gasteiger charge is 2.20. The van der Waals surface area contributed by atoms with Gasteiger partial charge < -0.3 is 5.41 Å². The smallest absolute Gasteiger partial charge is 0.184 e. The summed E-state index contributed by atoms with van der Waals surface area (Å²) in [6.45, 7) is 3.37. The molecule has 1 N–H and O–H groups in total. The third-order valence-corrected chi connectivity index (χ3v) is 5.95. The number of nitrogens with zero attached hydrogens (tertiary/aromatic N) is 3. The second-order valence-corrected chi connectivity index (χ2v) is 8.23. The van der Waals surface area contributed by atoms with Crippen molar-refractivity contribution in [1.82, 2.24) is 9.78 Å². The van der Waals surface area contributed by atoms with E-state index in [1.54, 1.807) is 10.7 Å². The summed E-state index contributed by atoms with van der Waals surface area (Å²) in [4.78, 5) is 12.0. The van der Waals surface area contributed by atoms with Gasteiger partial charge in [-0.25, -0.2) is 4.68 Å². The molecule has 0 fully saturated rings. The predicted octanol–water partition coefficient (Wildman–Crippen LogP) is 4.47. The number of hydrogen-bond acceptors (Lipinski definition) is 7. The van der Waals surface area contributed by atoms with Crippen LogP contribution in [-0.2, 0) is 4.79 Å². The SMILES string of the molecule is CC(=N)[C@H](C#N)C(=O)CSc1nn(-c2ccc(C)c(Cl)c2)c(=S)s1. The molecule has 0 aliphatic carbocycles. The van der Waals surface area contributed by atoms with Gasteiger partial charge in [-0.1, -0.05) is 40.8 Å². The minimum absolute atomic E-state index is 0.0514. The molecular formula is C15H13ClN4OS3. The predicted molar refractivity (Wildman–Crippen MR) is 100 cm³/mol. The third-order valence-electron chi connectivity index (χ3n) is 3.15. The Labute approximate surface area is 157 Å². The maximum atomic E-state index is 12.0. The third kappa shape index (κ3) is 4.30. The normalized spacial score (nSPS) is 11.8. The van der Waals surface area contributed by atoms with Crippen LogP contribution in [0.4, 0.5) is 0 Å². The molecule has 0 amide bonds. The molecule has 0 bridgehead atoms. The summed E-state index contributed by atoms with van der Waals surface area (Å²) >= 11 is 14.0. The summed E-state index contributed by atoms with van der Waals surface area (Å²) in [5, 5.41) is 21.4. The van der Waals surface area contributed by atoms with Gasteiger partial charge in [0, 0.05) is 10.7 Å². The van der Waals surface area contributed by atoms with Gasteiger partial charge in [0.25, 0.3) is 0 Å². The van der Waals surface area contributed by atoms with Gasteiger partial charge in [0.15, 0.2) is 14.1 Å². The Kier molecular flexibility index (Phi) is 6.29. The van der Waals surface area contributed by atoms with Crippen LogP contribution in [0, 0.1) is 33.5 Å². The van der Waals surface area contributed by atoms with Crippen molar-refractivity contribution in [3.8, 4) is 11.8 Å². The number of nitrogens with one attached hydrogen (secondary N) is 1. The highest BCUT2D eigenvalue weighted by molar-refractivity contribution is 8.01. The summed E-state index contributed by atoms with van der Waals surface area (Å²) in [6.07, 6.45) is 0. The van der Waals surface area contributed by atoms with Crippen LogP contribution in [0.25, 0.3) is 5.69 Å². The molecular weight excluding hydrogens is 384 g/mol. The van der Waals surface area contributed by atoms with Crippen molar-refractivity contribution >= 4 is 58.4 Å². The van der Waals surface area contributed by atoms with Crippen molar-refractivity contribution < 1.29 is 4.79 Å². The zero-order chi connectivity index (χ0) is 17.9. The van der Waals surface area contributed by atoms with Gasteiger partial charge in [-0.3, -0.25) is 4.79 Å². The van der Waals surface area contributed by atoms with Crippen molar-refractivity contribution in [3.05, 3.63) is 32.7 Å². The van der Waals surface area contributed by atoms with E-state index in [1.165, 1.54) is 30.0 Å². The van der Waals surface area contributed by atoms with Crippen LogP contribution in [-0.4, -0.2) is 27.0 Å². The molecule has 1 aromatic carbocycles. The second kappa shape index (κ2) is 8.03. The Hall–Kier alpha value is -1.53. The van der Waals surface area contributed by atoms with Crippen molar-refractivity contribution in [2.45, 2.75) is 18.2 Å². The summed E-state index contributed by atoms with van der Waals surface area (Å²) in [6, 6.07) is 7.40. The standard InChI is InChI=1S/C15H13ClN4OS3/c1-8-3-4-10(5-12(8)16)20-15(22)24-14(19-20)23-7-13(21)11(6-17)9(2)18/h3-5,11,18H,7H2,1-2H3/t11-/m0/s1. The first kappa shape index (κ1) is 18.8. The first-order valence-electron chi connectivity index (χ1n) is 6.80. The fourth-order valence-electron chi connectivity index (χ4n) is 1.82. The molecule has 0 saturated heterocycles. The lowest BCUT2D eigenvalue weighted by molar-refractivity contribution is -0.117. The van der Waals surface area contributed by atoms with Crippen LogP contribution in [0.5, 0.6) is 0 Å². The van der Waals surface area contributed by atoms with E-state index in [9.17, 15) is 4.79 Å². The molecule has 124 valence electrons. The molecule has 0 aliphatic heterocycles. The molecule has 2 aromatic rings. The molecule has 0 unspecified atom stereocenters. The number of thioether (sulfide) groups is 1. The lowest BCUT2D eigenvalue weighted by Crippen LogP contribution is -2.21. The van der Waals surface area contributed by atoms with E-state index < -0.39 is 5.92 Å². The molecule has 5 nitrogen and oxygen atoms in total. The topological polar surface area (TPSA) is 82.5 Å². The number of aryl methyl sites for hydroxylation is 1. The fourth-order valence-corrected chi connectivity index (χ4v) is 4.26. The number of Topliss-reactive ketones (excluding diaryl/α,β-unsaturated/α-hetero) is 1. The van der Waals surface area contributed by atoms with Gasteiger partial charge in [0.05, 0.1) is 17.5 Å². The highest BCUT2D eigenvalue weighted by Crippen LogP contribution is 2.26. The van der Waals surface area contributed by atoms with Crippen LogP contribution in [0.15, 0.2) is 22.5 Å². The summed E-state index contributed by atoms with van der Waals surface area (Å²) in [5.41, 5.74) is 1.78. The minimum Gasteiger partial charge on any atom is -0.308 e. The summed E-state index contributed by atoms with van der Waals surface area (Å²) in [5.74, 6) is -1.23. The van der Waals surface area contributed by atoms with Crippen LogP contribution in [0.2, 0.25) is 5.02 Å². The van der Waals surface area contributed by atoms with E-state index in [1.807, 2.05) is 25.1 Å². The average molecular weight is 397 g/mol. The maximum absolute atomic E-state index is 12.0. The van der Waals surface area contributed by atoms with Gasteiger partial charge >= 0.3 is 0 Å². The van der Waals surface area contributed by atoms with Crippen molar-refractivity contribution in [3.63, 3.8) is 0 Å². The Morgan fingerprint density at radius 1 is 1.62 bits per heavy atom. The number of carbonyl (C=O) groups excluding carboxylic acids is 1. The second-order valence-electron chi connectivity index (χ2n) is 4.98. The van der Waals surface area contributed by atoms with Crippen LogP contribution >= 0.6 is 46.9 Å². The van der Waals surface area contributed by atoms with E-state index >= 15 is 0 Å². The Morgan fingerprint density at radius 3 is 2.92 bits per heavy atom. The lowest BCUT2D eigenvalue weighted by atomic mass is 10.0. The quantitative estimate of drug-likeness (QED) is 0.442. The number of hydrogen-bond donors (Lipinski definition) is 1. The number of aromatic nitrogens is 2. The lowest BCUT2D eigenvalue weighted by Gasteiger charge is -2.04. The molecule has 1 aromatic heterocycles. The maximum Gasteiger partial charge on any atom is 0.184 e. The van der Waals surface area contributed by atoms with Crippen LogP contribution in [0.3, 0.4) is 0 Å². The van der Waals surface area contributed by atoms with E-state index in [4.69, 9.17) is 34.5 Å². The van der Waals surface area contributed by atoms with Gasteiger partial charge in [-0.05, 0) is 43.8 Å². The zero-order valence-electron chi connectivity index (χ0n) is 12.9. The number of nitriles is 1. The fraction of sp³-hybridized carbons (Fsp3) is 0.267. The number of halogens is 1. The minimum atomic E-state index is -0.997. The number of ketones is 1. The Bertz CT molecular complexity index is 897. The first-order valence-corrected chi connectivity index (χ1v) is 9.39. The van der Waals surface area contributed by atoms with Crippen molar-refractivity contribution in [1.29, 1.82) is 10.7 Å². The average Bonchev–Trinajstić information content (AvgIpc) is 2.89. The summed E-state index contributed by atoms with van der Waals surface area (Å²) in [7, 11) is 0. The largest absolute Gasteiger partial charge is 0.308 e. The van der Waals surface area contributed by atoms with Crippen LogP contribution in [0.1, 0.15) is 12.5 Å². The number of rotatable bonds is 6. The molecule has 2 rings (SSSR count). The van der Waals surface area contributed by atoms with E-state index in [-0.39, 0.29) is 17.2 Å². The first-order chi connectivity index (χ1) is 11.3. The van der Waals surface area contributed by atoms with E-state index in [0.29, 0.717) is 13.3 Å². The monoisotopic (exact) mass is 396 g/mol. The molecule has 0 radical (unpaired) electrons. The number of benzene rings is 1. The molecule has 1 heterocycles. The van der Waals surface area contributed by atoms with E-state index in [2.05, 4.69) is 5.10 Å². The molecule has 9 heteroatoms. The van der Waals surface area contributed by atoms with Gasteiger partial charge in [-0.15, -0.1) is 5.10 Å². The van der Waals surface area contributed by atoms with E-state index in [0.717, 1.165) is 11.3 Å². The molecule has 0 spiro atoms. The Balaban J connectivity index is 2.16. The van der Waals surface area contributed by atoms with Gasteiger partial charge in [0.2, 0.25) is 0 Å². The Morgan fingerprint density at radius 2 is 2.33 bits per heavy atom. The molecule has 1 atom stereocenters. The molecule has 0 saturated carbocycles. The van der Waals surface area contributed by atoms with Crippen LogP contribution < -0.4 is 0 Å².